The lowest BCUT2D eigenvalue weighted by atomic mass is 10.1. The Morgan fingerprint density at radius 2 is 2.00 bits per heavy atom. The zero-order valence-corrected chi connectivity index (χ0v) is 18.5. The summed E-state index contributed by atoms with van der Waals surface area (Å²) in [5.74, 6) is 0.357. The summed E-state index contributed by atoms with van der Waals surface area (Å²) < 4.78 is 5.42. The van der Waals surface area contributed by atoms with Gasteiger partial charge in [-0.05, 0) is 37.6 Å². The van der Waals surface area contributed by atoms with Crippen molar-refractivity contribution in [2.45, 2.75) is 31.7 Å². The highest BCUT2D eigenvalue weighted by atomic mass is 35.5. The molecule has 1 aliphatic rings. The third-order valence-corrected chi connectivity index (χ3v) is 6.48. The van der Waals surface area contributed by atoms with Crippen LogP contribution in [0.5, 0.6) is 0 Å². The summed E-state index contributed by atoms with van der Waals surface area (Å²) in [5, 5.41) is 3.53. The second kappa shape index (κ2) is 9.74. The highest BCUT2D eigenvalue weighted by Crippen LogP contribution is 2.43. The minimum absolute atomic E-state index is 0.000379. The number of benzene rings is 2. The van der Waals surface area contributed by atoms with E-state index in [1.165, 1.54) is 11.8 Å². The van der Waals surface area contributed by atoms with E-state index < -0.39 is 6.09 Å². The molecule has 2 amide bonds. The van der Waals surface area contributed by atoms with Gasteiger partial charge in [0.25, 0.3) is 0 Å². The van der Waals surface area contributed by atoms with Crippen LogP contribution in [-0.4, -0.2) is 35.3 Å². The fourth-order valence-corrected chi connectivity index (χ4v) is 4.99. The molecule has 2 unspecified atom stereocenters. The second-order valence-electron chi connectivity index (χ2n) is 6.78. The molecule has 0 aromatic heterocycles. The Morgan fingerprint density at radius 3 is 2.66 bits per heavy atom. The van der Waals surface area contributed by atoms with Crippen LogP contribution in [0.1, 0.15) is 29.8 Å². The first-order valence-electron chi connectivity index (χ1n) is 9.27. The SMILES string of the molecule is CCC(COC(=O)Nc1ccc(C)cc1)N1C(=O)CSC1c1ccc(Cl)cc1Cl. The molecule has 8 heteroatoms. The lowest BCUT2D eigenvalue weighted by molar-refractivity contribution is -0.131. The number of halogens is 2. The molecule has 154 valence electrons. The van der Waals surface area contributed by atoms with E-state index in [0.717, 1.165) is 11.1 Å². The Labute approximate surface area is 184 Å². The van der Waals surface area contributed by atoms with E-state index in [-0.39, 0.29) is 23.9 Å². The predicted molar refractivity (Wildman–Crippen MR) is 119 cm³/mol. The topological polar surface area (TPSA) is 58.6 Å². The van der Waals surface area contributed by atoms with Crippen LogP contribution in [0.4, 0.5) is 10.5 Å². The van der Waals surface area contributed by atoms with Gasteiger partial charge in [-0.3, -0.25) is 10.1 Å². The van der Waals surface area contributed by atoms with E-state index in [2.05, 4.69) is 5.32 Å². The normalized spacial score (nSPS) is 17.3. The van der Waals surface area contributed by atoms with Gasteiger partial charge in [-0.2, -0.15) is 0 Å². The summed E-state index contributed by atoms with van der Waals surface area (Å²) >= 11 is 13.9. The molecule has 2 atom stereocenters. The van der Waals surface area contributed by atoms with Crippen LogP contribution in [0.15, 0.2) is 42.5 Å². The number of rotatable bonds is 6. The maximum absolute atomic E-state index is 12.6. The molecule has 0 radical (unpaired) electrons. The Bertz CT molecular complexity index is 892. The number of carbonyl (C=O) groups excluding carboxylic acids is 2. The number of thioether (sulfide) groups is 1. The molecule has 0 bridgehead atoms. The van der Waals surface area contributed by atoms with Crippen molar-refractivity contribution < 1.29 is 14.3 Å². The number of anilines is 1. The number of nitrogens with zero attached hydrogens (tertiary/aromatic N) is 1. The number of carbonyl (C=O) groups is 2. The minimum atomic E-state index is -0.548. The number of hydrogen-bond donors (Lipinski definition) is 1. The molecular formula is C21H22Cl2N2O3S. The first-order chi connectivity index (χ1) is 13.9. The Kier molecular flexibility index (Phi) is 7.33. The summed E-state index contributed by atoms with van der Waals surface area (Å²) in [6.45, 7) is 4.04. The number of hydrogen-bond acceptors (Lipinski definition) is 4. The van der Waals surface area contributed by atoms with Crippen molar-refractivity contribution in [3.05, 3.63) is 63.6 Å². The van der Waals surface area contributed by atoms with Gasteiger partial charge in [0.1, 0.15) is 12.0 Å². The van der Waals surface area contributed by atoms with Crippen LogP contribution in [0.3, 0.4) is 0 Å². The van der Waals surface area contributed by atoms with E-state index in [0.29, 0.717) is 27.9 Å². The highest BCUT2D eigenvalue weighted by molar-refractivity contribution is 8.00. The molecule has 1 saturated heterocycles. The van der Waals surface area contributed by atoms with Gasteiger partial charge in [0.15, 0.2) is 0 Å². The average molecular weight is 453 g/mol. The van der Waals surface area contributed by atoms with E-state index in [9.17, 15) is 9.59 Å². The number of amides is 2. The molecular weight excluding hydrogens is 431 g/mol. The average Bonchev–Trinajstić information content (AvgIpc) is 3.05. The molecule has 2 aromatic carbocycles. The molecule has 0 saturated carbocycles. The largest absolute Gasteiger partial charge is 0.447 e. The first kappa shape index (κ1) is 21.8. The number of aryl methyl sites for hydroxylation is 1. The molecule has 1 aliphatic heterocycles. The molecule has 1 fully saturated rings. The quantitative estimate of drug-likeness (QED) is 0.592. The molecule has 0 aliphatic carbocycles. The summed E-state index contributed by atoms with van der Waals surface area (Å²) in [6.07, 6.45) is 0.0962. The first-order valence-corrected chi connectivity index (χ1v) is 11.1. The van der Waals surface area contributed by atoms with Gasteiger partial charge in [0, 0.05) is 21.3 Å². The summed E-state index contributed by atoms with van der Waals surface area (Å²) in [4.78, 5) is 26.5. The molecule has 29 heavy (non-hydrogen) atoms. The van der Waals surface area contributed by atoms with Crippen LogP contribution >= 0.6 is 35.0 Å². The van der Waals surface area contributed by atoms with Gasteiger partial charge in [0.2, 0.25) is 5.91 Å². The fraction of sp³-hybridized carbons (Fsp3) is 0.333. The lowest BCUT2D eigenvalue weighted by Gasteiger charge is -2.32. The van der Waals surface area contributed by atoms with Crippen molar-refractivity contribution >= 4 is 52.7 Å². The van der Waals surface area contributed by atoms with Gasteiger partial charge in [-0.1, -0.05) is 53.9 Å². The van der Waals surface area contributed by atoms with Crippen LogP contribution < -0.4 is 5.32 Å². The van der Waals surface area contributed by atoms with Gasteiger partial charge in [-0.15, -0.1) is 11.8 Å². The third kappa shape index (κ3) is 5.38. The number of ether oxygens (including phenoxy) is 1. The van der Waals surface area contributed by atoms with E-state index in [1.807, 2.05) is 44.2 Å². The van der Waals surface area contributed by atoms with Crippen molar-refractivity contribution in [3.8, 4) is 0 Å². The van der Waals surface area contributed by atoms with Crippen LogP contribution in [0.2, 0.25) is 10.0 Å². The molecule has 5 nitrogen and oxygen atoms in total. The molecule has 1 N–H and O–H groups in total. The number of nitrogens with one attached hydrogen (secondary N) is 1. The minimum Gasteiger partial charge on any atom is -0.447 e. The van der Waals surface area contributed by atoms with E-state index in [1.54, 1.807) is 17.0 Å². The summed E-state index contributed by atoms with van der Waals surface area (Å²) in [7, 11) is 0. The predicted octanol–water partition coefficient (Wildman–Crippen LogP) is 5.90. The third-order valence-electron chi connectivity index (χ3n) is 4.70. The van der Waals surface area contributed by atoms with Gasteiger partial charge in [-0.25, -0.2) is 4.79 Å². The zero-order chi connectivity index (χ0) is 21.0. The van der Waals surface area contributed by atoms with Crippen LogP contribution in [0, 0.1) is 6.92 Å². The van der Waals surface area contributed by atoms with Gasteiger partial charge < -0.3 is 9.64 Å². The van der Waals surface area contributed by atoms with Crippen molar-refractivity contribution in [3.63, 3.8) is 0 Å². The fourth-order valence-electron chi connectivity index (χ4n) is 3.13. The monoisotopic (exact) mass is 452 g/mol. The van der Waals surface area contributed by atoms with Gasteiger partial charge >= 0.3 is 6.09 Å². The Balaban J connectivity index is 1.67. The molecule has 2 aromatic rings. The van der Waals surface area contributed by atoms with Crippen LogP contribution in [-0.2, 0) is 9.53 Å². The van der Waals surface area contributed by atoms with Crippen molar-refractivity contribution in [1.82, 2.24) is 4.90 Å². The zero-order valence-electron chi connectivity index (χ0n) is 16.2. The van der Waals surface area contributed by atoms with E-state index >= 15 is 0 Å². The Hall–Kier alpha value is -1.89. The second-order valence-corrected chi connectivity index (χ2v) is 8.69. The molecule has 1 heterocycles. The molecule has 0 spiro atoms. The molecule has 3 rings (SSSR count). The van der Waals surface area contributed by atoms with Gasteiger partial charge in [0.05, 0.1) is 11.8 Å². The summed E-state index contributed by atoms with van der Waals surface area (Å²) in [6, 6.07) is 12.5. The maximum Gasteiger partial charge on any atom is 0.411 e. The standard InChI is InChI=1S/C21H22Cl2N2O3S/c1-3-16(11-28-21(27)24-15-7-4-13(2)5-8-15)25-19(26)12-29-20(25)17-9-6-14(22)10-18(17)23/h4-10,16,20H,3,11-12H2,1-2H3,(H,24,27). The Morgan fingerprint density at radius 1 is 1.28 bits per heavy atom. The van der Waals surface area contributed by atoms with Crippen LogP contribution in [0.25, 0.3) is 0 Å². The summed E-state index contributed by atoms with van der Waals surface area (Å²) in [5.41, 5.74) is 2.59. The highest BCUT2D eigenvalue weighted by Gasteiger charge is 2.38. The van der Waals surface area contributed by atoms with Crippen molar-refractivity contribution in [1.29, 1.82) is 0 Å². The van der Waals surface area contributed by atoms with E-state index in [4.69, 9.17) is 27.9 Å². The van der Waals surface area contributed by atoms with Crippen molar-refractivity contribution in [2.24, 2.45) is 0 Å². The lowest BCUT2D eigenvalue weighted by Crippen LogP contribution is -2.41. The van der Waals surface area contributed by atoms with Crippen molar-refractivity contribution in [2.75, 3.05) is 17.7 Å². The maximum atomic E-state index is 12.6. The smallest absolute Gasteiger partial charge is 0.411 e.